The number of nitrogens with one attached hydrogen (secondary N) is 1. The average Bonchev–Trinajstić information content (AvgIpc) is 3.55. The van der Waals surface area contributed by atoms with Gasteiger partial charge in [0.1, 0.15) is 18.6 Å². The second kappa shape index (κ2) is 15.7. The monoisotopic (exact) mass is 672 g/mol. The molecule has 0 saturated carbocycles. The summed E-state index contributed by atoms with van der Waals surface area (Å²) in [5.74, 6) is 1.10. The number of ether oxygens (including phenoxy) is 1. The summed E-state index contributed by atoms with van der Waals surface area (Å²) in [7, 11) is 0. The Bertz CT molecular complexity index is 1620. The summed E-state index contributed by atoms with van der Waals surface area (Å²) in [6.45, 7) is 0.904. The van der Waals surface area contributed by atoms with Gasteiger partial charge in [-0.3, -0.25) is 4.57 Å². The van der Waals surface area contributed by atoms with Crippen LogP contribution in [0.25, 0.3) is 0 Å². The molecule has 1 aliphatic rings. The van der Waals surface area contributed by atoms with E-state index in [2.05, 4.69) is 27.2 Å². The highest BCUT2D eigenvalue weighted by Crippen LogP contribution is 2.24. The number of pyridine rings is 1. The molecule has 0 radical (unpaired) electrons. The molecular formula is C24H20F8N6O6S. The summed E-state index contributed by atoms with van der Waals surface area (Å²) in [5, 5.41) is 21.3. The van der Waals surface area contributed by atoms with Crippen LogP contribution in [0.4, 0.5) is 40.8 Å². The van der Waals surface area contributed by atoms with Gasteiger partial charge in [0, 0.05) is 23.5 Å². The van der Waals surface area contributed by atoms with Crippen molar-refractivity contribution in [3.8, 4) is 17.7 Å². The lowest BCUT2D eigenvalue weighted by Gasteiger charge is -2.17. The number of rotatable bonds is 5. The number of carbonyl (C=O) groups is 2. The molecule has 0 aromatic carbocycles. The van der Waals surface area contributed by atoms with Gasteiger partial charge in [-0.25, -0.2) is 24.0 Å². The molecule has 244 valence electrons. The van der Waals surface area contributed by atoms with Crippen molar-refractivity contribution < 1.29 is 59.7 Å². The lowest BCUT2D eigenvalue weighted by molar-refractivity contribution is -0.193. The van der Waals surface area contributed by atoms with Crippen molar-refractivity contribution in [3.63, 3.8) is 0 Å². The SMILES string of the molecule is NCC(Cn1ncn(Cc2ccc(C#Cc3ccc4c(n3)OCCN4)s2)c1=O)=C(F)F.O=C(O)C(F)(F)F.O=C(O)C(F)(F)F. The minimum Gasteiger partial charge on any atom is -0.475 e. The first-order chi connectivity index (χ1) is 20.9. The molecule has 3 aromatic heterocycles. The van der Waals surface area contributed by atoms with Gasteiger partial charge in [0.05, 0.1) is 23.7 Å². The molecule has 21 heteroatoms. The maximum atomic E-state index is 12.8. The van der Waals surface area contributed by atoms with Crippen LogP contribution < -0.4 is 21.5 Å². The van der Waals surface area contributed by atoms with Crippen molar-refractivity contribution in [3.05, 3.63) is 68.2 Å². The van der Waals surface area contributed by atoms with Gasteiger partial charge in [-0.2, -0.15) is 40.2 Å². The van der Waals surface area contributed by atoms with Crippen LogP contribution in [0.3, 0.4) is 0 Å². The van der Waals surface area contributed by atoms with Gasteiger partial charge in [-0.1, -0.05) is 0 Å². The van der Waals surface area contributed by atoms with E-state index >= 15 is 0 Å². The van der Waals surface area contributed by atoms with Gasteiger partial charge >= 0.3 is 30.0 Å². The van der Waals surface area contributed by atoms with Crippen LogP contribution in [0.2, 0.25) is 0 Å². The van der Waals surface area contributed by atoms with Crippen LogP contribution in [0, 0.1) is 11.8 Å². The van der Waals surface area contributed by atoms with Crippen molar-refractivity contribution in [1.82, 2.24) is 19.3 Å². The highest BCUT2D eigenvalue weighted by Gasteiger charge is 2.38. The van der Waals surface area contributed by atoms with Crippen LogP contribution in [-0.2, 0) is 22.7 Å². The first kappa shape index (κ1) is 36.2. The highest BCUT2D eigenvalue weighted by atomic mass is 32.1. The molecule has 0 spiro atoms. The highest BCUT2D eigenvalue weighted by molar-refractivity contribution is 7.12. The predicted molar refractivity (Wildman–Crippen MR) is 140 cm³/mol. The van der Waals surface area contributed by atoms with E-state index in [1.807, 2.05) is 24.3 Å². The quantitative estimate of drug-likeness (QED) is 0.233. The molecule has 1 aliphatic heterocycles. The number of halogens is 8. The number of alkyl halides is 6. The molecule has 4 rings (SSSR count). The zero-order chi connectivity index (χ0) is 33.9. The second-order valence-electron chi connectivity index (χ2n) is 8.21. The van der Waals surface area contributed by atoms with Crippen LogP contribution >= 0.6 is 11.3 Å². The first-order valence-corrected chi connectivity index (χ1v) is 12.7. The largest absolute Gasteiger partial charge is 0.490 e. The standard InChI is InChI=1S/C20H18F2N6O2S.2C2HF3O2/c21-18(22)13(9-23)10-28-20(29)27(12-25-28)11-16-5-4-15(31-16)3-1-14-2-6-17-19(26-14)30-8-7-24-17;2*3-2(4,5)1(6)7/h2,4-6,12,24H,7-11,23H2;2*(H,6,7). The number of anilines is 1. The first-order valence-electron chi connectivity index (χ1n) is 11.9. The number of aliphatic carboxylic acids is 2. The molecule has 0 bridgehead atoms. The van der Waals surface area contributed by atoms with Gasteiger partial charge in [-0.15, -0.1) is 11.3 Å². The number of nitrogens with zero attached hydrogens (tertiary/aromatic N) is 4. The average molecular weight is 673 g/mol. The van der Waals surface area contributed by atoms with Gasteiger partial charge in [0.15, 0.2) is 0 Å². The smallest absolute Gasteiger partial charge is 0.475 e. The van der Waals surface area contributed by atoms with Gasteiger partial charge in [0.25, 0.3) is 6.08 Å². The van der Waals surface area contributed by atoms with Crippen molar-refractivity contribution >= 4 is 29.0 Å². The third-order valence-corrected chi connectivity index (χ3v) is 5.94. The molecule has 12 nitrogen and oxygen atoms in total. The van der Waals surface area contributed by atoms with E-state index in [0.29, 0.717) is 18.2 Å². The number of fused-ring (bicyclic) bond motifs is 1. The number of nitrogens with two attached hydrogens (primary N) is 1. The fourth-order valence-electron chi connectivity index (χ4n) is 2.88. The summed E-state index contributed by atoms with van der Waals surface area (Å²) < 4.78 is 96.9. The number of hydrogen-bond acceptors (Lipinski definition) is 9. The Morgan fingerprint density at radius 1 is 1.04 bits per heavy atom. The van der Waals surface area contributed by atoms with Crippen LogP contribution in [0.15, 0.2) is 47.0 Å². The molecule has 0 amide bonds. The molecule has 0 unspecified atom stereocenters. The molecular weight excluding hydrogens is 652 g/mol. The summed E-state index contributed by atoms with van der Waals surface area (Å²) in [5.41, 5.74) is 5.94. The normalized spacial score (nSPS) is 11.9. The van der Waals surface area contributed by atoms with E-state index in [1.165, 1.54) is 22.2 Å². The maximum absolute atomic E-state index is 12.8. The lowest BCUT2D eigenvalue weighted by atomic mass is 10.3. The Kier molecular flexibility index (Phi) is 12.6. The minimum absolute atomic E-state index is 0.265. The Balaban J connectivity index is 0.000000421. The fraction of sp³-hybridized carbons (Fsp3) is 0.292. The number of hydrogen-bond donors (Lipinski definition) is 4. The summed E-state index contributed by atoms with van der Waals surface area (Å²) in [6, 6.07) is 7.42. The summed E-state index contributed by atoms with van der Waals surface area (Å²) in [6.07, 6.45) is -10.7. The summed E-state index contributed by atoms with van der Waals surface area (Å²) >= 11 is 1.43. The molecule has 0 aliphatic carbocycles. The van der Waals surface area contributed by atoms with E-state index in [9.17, 15) is 39.9 Å². The Morgan fingerprint density at radius 2 is 1.67 bits per heavy atom. The van der Waals surface area contributed by atoms with Gasteiger partial charge in [-0.05, 0) is 36.1 Å². The lowest BCUT2D eigenvalue weighted by Crippen LogP contribution is -2.27. The van der Waals surface area contributed by atoms with E-state index in [4.69, 9.17) is 30.3 Å². The predicted octanol–water partition coefficient (Wildman–Crippen LogP) is 3.13. The number of thiophene rings is 1. The Hall–Kier alpha value is -4.97. The topological polar surface area (TPSA) is 175 Å². The van der Waals surface area contributed by atoms with E-state index in [1.54, 1.807) is 0 Å². The number of carboxylic acid groups (broad SMARTS) is 2. The van der Waals surface area contributed by atoms with Crippen LogP contribution in [0.1, 0.15) is 15.4 Å². The Morgan fingerprint density at radius 3 is 2.22 bits per heavy atom. The zero-order valence-corrected chi connectivity index (χ0v) is 23.1. The molecule has 5 N–H and O–H groups in total. The molecule has 0 saturated heterocycles. The van der Waals surface area contributed by atoms with E-state index in [0.717, 1.165) is 26.7 Å². The summed E-state index contributed by atoms with van der Waals surface area (Å²) in [4.78, 5) is 36.2. The molecule has 45 heavy (non-hydrogen) atoms. The fourth-order valence-corrected chi connectivity index (χ4v) is 3.74. The van der Waals surface area contributed by atoms with Crippen LogP contribution in [0.5, 0.6) is 5.88 Å². The minimum atomic E-state index is -5.08. The number of aromatic nitrogens is 4. The van der Waals surface area contributed by atoms with Gasteiger partial charge < -0.3 is 26.0 Å². The van der Waals surface area contributed by atoms with Gasteiger partial charge in [0.2, 0.25) is 5.88 Å². The molecule has 4 heterocycles. The third-order valence-electron chi connectivity index (χ3n) is 4.95. The van der Waals surface area contributed by atoms with E-state index in [-0.39, 0.29) is 25.2 Å². The molecule has 0 fully saturated rings. The second-order valence-corrected chi connectivity index (χ2v) is 9.38. The van der Waals surface area contributed by atoms with Crippen LogP contribution in [-0.4, -0.2) is 73.5 Å². The van der Waals surface area contributed by atoms with Crippen molar-refractivity contribution in [2.45, 2.75) is 25.4 Å². The zero-order valence-electron chi connectivity index (χ0n) is 22.2. The third kappa shape index (κ3) is 11.6. The maximum Gasteiger partial charge on any atom is 0.490 e. The van der Waals surface area contributed by atoms with Crippen molar-refractivity contribution in [1.29, 1.82) is 0 Å². The molecule has 0 atom stereocenters. The Labute approximate surface area is 250 Å². The van der Waals surface area contributed by atoms with E-state index < -0.39 is 36.1 Å². The van der Waals surface area contributed by atoms with Crippen molar-refractivity contribution in [2.75, 3.05) is 25.0 Å². The molecule has 3 aromatic rings. The van der Waals surface area contributed by atoms with Crippen molar-refractivity contribution in [2.24, 2.45) is 5.73 Å². The number of carboxylic acids is 2.